The van der Waals surface area contributed by atoms with Gasteiger partial charge in [0.2, 0.25) is 0 Å². The molecule has 0 rings (SSSR count). The van der Waals surface area contributed by atoms with Crippen molar-refractivity contribution < 1.29 is 49.7 Å². The first-order valence-electron chi connectivity index (χ1n) is 6.48. The van der Waals surface area contributed by atoms with Crippen LogP contribution in [-0.4, -0.2) is 97.0 Å². The highest BCUT2D eigenvalue weighted by atomic mass is 17.2. The van der Waals surface area contributed by atoms with Crippen LogP contribution < -0.4 is 5.64 Å². The molecule has 0 aromatic rings. The Hall–Kier alpha value is -0.480. The molecule has 0 aliphatic rings. The lowest BCUT2D eigenvalue weighted by atomic mass is 10.8. The molecule has 0 saturated heterocycles. The lowest BCUT2D eigenvalue weighted by Crippen LogP contribution is -2.28. The van der Waals surface area contributed by atoms with Crippen LogP contribution in [-0.2, 0) is 24.2 Å². The van der Waals surface area contributed by atoms with E-state index in [1.165, 1.54) is 0 Å². The van der Waals surface area contributed by atoms with Crippen LogP contribution in [0.1, 0.15) is 0 Å². The van der Waals surface area contributed by atoms with Crippen LogP contribution in [0.4, 0.5) is 0 Å². The quantitative estimate of drug-likeness (QED) is 0.129. The number of nitrogens with one attached hydrogen (secondary N) is 1. The molecule has 0 unspecified atom stereocenters. The summed E-state index contributed by atoms with van der Waals surface area (Å²) in [6, 6.07) is 0. The van der Waals surface area contributed by atoms with Crippen molar-refractivity contribution >= 4 is 0 Å². The summed E-state index contributed by atoms with van der Waals surface area (Å²) in [7, 11) is 0. The third-order valence-electron chi connectivity index (χ3n) is 1.37. The molecule has 0 atom stereocenters. The van der Waals surface area contributed by atoms with Crippen LogP contribution in [0.3, 0.4) is 0 Å². The van der Waals surface area contributed by atoms with E-state index in [1.54, 1.807) is 0 Å². The molecular weight excluding hydrogens is 308 g/mol. The van der Waals surface area contributed by atoms with E-state index in [2.05, 4.69) is 15.3 Å². The van der Waals surface area contributed by atoms with Crippen LogP contribution in [0.15, 0.2) is 0 Å². The Morgan fingerprint density at radius 2 is 0.864 bits per heavy atom. The van der Waals surface area contributed by atoms with Gasteiger partial charge in [0.05, 0.1) is 71.5 Å². The number of hydrogen-bond acceptors (Lipinski definition) is 12. The topological polar surface area (TPSA) is 163 Å². The highest BCUT2D eigenvalue weighted by Gasteiger charge is 2.05. The first-order chi connectivity index (χ1) is 10.8. The molecule has 0 saturated carbocycles. The molecule has 0 aliphatic carbocycles. The fourth-order valence-corrected chi connectivity index (χ4v) is 0.674. The lowest BCUT2D eigenvalue weighted by Gasteiger charge is -2.17. The molecule has 12 heteroatoms. The Labute approximate surface area is 128 Å². The fraction of sp³-hybridized carbons (Fsp3) is 1.00. The number of aliphatic hydroxyl groups is 5. The van der Waals surface area contributed by atoms with Gasteiger partial charge in [-0.3, -0.25) is 9.68 Å². The Kier molecular flexibility index (Phi) is 24.6. The van der Waals surface area contributed by atoms with Crippen molar-refractivity contribution in [2.75, 3.05) is 66.1 Å². The summed E-state index contributed by atoms with van der Waals surface area (Å²) in [5.74, 6) is 0. The van der Waals surface area contributed by atoms with Crippen LogP contribution in [0.25, 0.3) is 0 Å². The van der Waals surface area contributed by atoms with E-state index in [0.717, 1.165) is 0 Å². The van der Waals surface area contributed by atoms with Crippen molar-refractivity contribution in [3.8, 4) is 0 Å². The van der Waals surface area contributed by atoms with E-state index >= 15 is 0 Å². The van der Waals surface area contributed by atoms with E-state index < -0.39 is 0 Å². The van der Waals surface area contributed by atoms with Gasteiger partial charge in [0, 0.05) is 0 Å². The normalized spacial score (nSPS) is 10.6. The summed E-state index contributed by atoms with van der Waals surface area (Å²) in [5, 5.41) is 42.2. The Balaban J connectivity index is 0. The SMILES string of the molecule is OCCON(OCCO)OCCO.OCCONOCCO. The summed E-state index contributed by atoms with van der Waals surface area (Å²) in [6.07, 6.45) is 0. The summed E-state index contributed by atoms with van der Waals surface area (Å²) < 4.78 is 0. The molecule has 6 N–H and O–H groups in total. The maximum atomic E-state index is 8.40. The molecule has 0 spiro atoms. The highest BCUT2D eigenvalue weighted by Crippen LogP contribution is 1.93. The summed E-state index contributed by atoms with van der Waals surface area (Å²) >= 11 is 0. The van der Waals surface area contributed by atoms with Crippen LogP contribution in [0.5, 0.6) is 0 Å². The van der Waals surface area contributed by atoms with Crippen LogP contribution >= 0.6 is 0 Å². The molecule has 0 bridgehead atoms. The molecule has 0 heterocycles. The van der Waals surface area contributed by atoms with Gasteiger partial charge in [-0.2, -0.15) is 0 Å². The van der Waals surface area contributed by atoms with Crippen molar-refractivity contribution in [1.29, 1.82) is 0 Å². The third kappa shape index (κ3) is 21.8. The van der Waals surface area contributed by atoms with Gasteiger partial charge in [-0.1, -0.05) is 5.64 Å². The van der Waals surface area contributed by atoms with E-state index in [0.29, 0.717) is 5.39 Å². The standard InChI is InChI=1S/C6H15NO6.C4H11NO4/c8-1-4-11-7(12-5-2-9)13-6-3-10;6-1-3-8-5-9-4-2-7/h8-10H,1-6H2;5-7H,1-4H2. The molecular formula is C10H26N2O10. The van der Waals surface area contributed by atoms with Crippen molar-refractivity contribution in [2.45, 2.75) is 0 Å². The second-order valence-electron chi connectivity index (χ2n) is 3.12. The van der Waals surface area contributed by atoms with Gasteiger partial charge >= 0.3 is 0 Å². The van der Waals surface area contributed by atoms with Crippen molar-refractivity contribution in [2.24, 2.45) is 0 Å². The van der Waals surface area contributed by atoms with Crippen LogP contribution in [0.2, 0.25) is 0 Å². The Bertz CT molecular complexity index is 166. The first kappa shape index (κ1) is 23.8. The monoisotopic (exact) mass is 334 g/mol. The largest absolute Gasteiger partial charge is 0.394 e. The highest BCUT2D eigenvalue weighted by molar-refractivity contribution is 4.19. The van der Waals surface area contributed by atoms with Gasteiger partial charge in [0.1, 0.15) is 0 Å². The van der Waals surface area contributed by atoms with Crippen molar-refractivity contribution in [3.05, 3.63) is 0 Å². The molecule has 0 radical (unpaired) electrons. The van der Waals surface area contributed by atoms with Crippen LogP contribution in [0, 0.1) is 0 Å². The maximum absolute atomic E-state index is 8.40. The number of rotatable bonds is 15. The zero-order valence-corrected chi connectivity index (χ0v) is 12.3. The zero-order valence-electron chi connectivity index (χ0n) is 12.3. The van der Waals surface area contributed by atoms with E-state index in [4.69, 9.17) is 40.0 Å². The Morgan fingerprint density at radius 1 is 0.545 bits per heavy atom. The predicted molar refractivity (Wildman–Crippen MR) is 70.2 cm³/mol. The van der Waals surface area contributed by atoms with Gasteiger partial charge in [-0.15, -0.1) is 0 Å². The van der Waals surface area contributed by atoms with Gasteiger partial charge in [0.25, 0.3) is 0 Å². The lowest BCUT2D eigenvalue weighted by molar-refractivity contribution is -0.527. The minimum absolute atomic E-state index is 0.0108. The predicted octanol–water partition coefficient (Wildman–Crippen LogP) is -3.52. The van der Waals surface area contributed by atoms with Crippen molar-refractivity contribution in [3.63, 3.8) is 0 Å². The number of nitrogens with zero attached hydrogens (tertiary/aromatic N) is 1. The van der Waals surface area contributed by atoms with Crippen molar-refractivity contribution in [1.82, 2.24) is 11.0 Å². The molecule has 0 aliphatic heterocycles. The minimum Gasteiger partial charge on any atom is -0.394 e. The molecule has 0 aromatic heterocycles. The van der Waals surface area contributed by atoms with Gasteiger partial charge in [-0.05, 0) is 0 Å². The van der Waals surface area contributed by atoms with E-state index in [1.807, 2.05) is 0 Å². The number of hydrogen-bond donors (Lipinski definition) is 6. The number of aliphatic hydroxyl groups excluding tert-OH is 5. The smallest absolute Gasteiger partial charge is 0.0967 e. The minimum atomic E-state index is -0.179. The summed E-state index contributed by atoms with van der Waals surface area (Å²) in [4.78, 5) is 23.0. The summed E-state index contributed by atoms with van der Waals surface area (Å²) in [5.41, 5.74) is 2.07. The maximum Gasteiger partial charge on any atom is 0.0967 e. The molecule has 0 amide bonds. The first-order valence-corrected chi connectivity index (χ1v) is 6.48. The average molecular weight is 334 g/mol. The fourth-order valence-electron chi connectivity index (χ4n) is 0.674. The Morgan fingerprint density at radius 3 is 1.14 bits per heavy atom. The van der Waals surface area contributed by atoms with Gasteiger partial charge < -0.3 is 25.5 Å². The molecule has 0 aromatic carbocycles. The second kappa shape index (κ2) is 22.8. The van der Waals surface area contributed by atoms with E-state index in [9.17, 15) is 0 Å². The zero-order chi connectivity index (χ0) is 16.9. The average Bonchev–Trinajstić information content (AvgIpc) is 2.55. The molecule has 136 valence electrons. The second-order valence-corrected chi connectivity index (χ2v) is 3.12. The van der Waals surface area contributed by atoms with Gasteiger partial charge in [-0.25, -0.2) is 14.5 Å². The third-order valence-corrected chi connectivity index (χ3v) is 1.37. The van der Waals surface area contributed by atoms with Gasteiger partial charge in [0.15, 0.2) is 0 Å². The summed E-state index contributed by atoms with van der Waals surface area (Å²) in [6.45, 7) is -0.281. The molecule has 12 nitrogen and oxygen atoms in total. The van der Waals surface area contributed by atoms with E-state index in [-0.39, 0.29) is 66.1 Å². The molecule has 22 heavy (non-hydrogen) atoms. The molecule has 0 fully saturated rings.